The van der Waals surface area contributed by atoms with Crippen LogP contribution in [0.1, 0.15) is 41.0 Å². The Balaban J connectivity index is 2.12. The molecular formula is C14H25BO5. The molecule has 0 aliphatic carbocycles. The fourth-order valence-corrected chi connectivity index (χ4v) is 2.63. The molecule has 0 amide bonds. The van der Waals surface area contributed by atoms with E-state index in [4.69, 9.17) is 18.8 Å². The third kappa shape index (κ3) is 2.87. The van der Waals surface area contributed by atoms with Gasteiger partial charge >= 0.3 is 13.1 Å². The fraction of sp³-hybridized carbons (Fsp3) is 0.929. The predicted octanol–water partition coefficient (Wildman–Crippen LogP) is 2.05. The average molecular weight is 284 g/mol. The molecule has 6 heteroatoms. The minimum absolute atomic E-state index is 0.108. The third-order valence-corrected chi connectivity index (χ3v) is 4.61. The Hall–Kier alpha value is -0.585. The first-order valence-electron chi connectivity index (χ1n) is 7.38. The molecule has 2 heterocycles. The topological polar surface area (TPSA) is 54.0 Å². The summed E-state index contributed by atoms with van der Waals surface area (Å²) in [6.07, 6.45) is 0.660. The van der Waals surface area contributed by atoms with Crippen LogP contribution in [0.15, 0.2) is 0 Å². The Bertz CT molecular complexity index is 353. The van der Waals surface area contributed by atoms with E-state index in [1.54, 1.807) is 0 Å². The molecule has 2 saturated heterocycles. The molecule has 5 nitrogen and oxygen atoms in total. The van der Waals surface area contributed by atoms with Crippen LogP contribution in [-0.4, -0.2) is 44.1 Å². The molecule has 0 bridgehead atoms. The standard InChI is InChI=1S/C14H25BO5/c1-6-18-12(16)10-7-8-17-9-11(10)15-19-13(2,3)14(4,5)20-15/h10-11H,6-9H2,1-5H3/t10-,11+/m0/s1. The average Bonchev–Trinajstić information content (AvgIpc) is 2.59. The van der Waals surface area contributed by atoms with E-state index in [-0.39, 0.29) is 17.7 Å². The number of carbonyl (C=O) groups is 1. The summed E-state index contributed by atoms with van der Waals surface area (Å²) in [6.45, 7) is 11.3. The normalized spacial score (nSPS) is 32.1. The Morgan fingerprint density at radius 2 is 1.85 bits per heavy atom. The first-order valence-corrected chi connectivity index (χ1v) is 7.38. The van der Waals surface area contributed by atoms with E-state index in [0.29, 0.717) is 26.2 Å². The highest BCUT2D eigenvalue weighted by Gasteiger charge is 2.56. The summed E-state index contributed by atoms with van der Waals surface area (Å²) in [5, 5.41) is 0. The van der Waals surface area contributed by atoms with Crippen molar-refractivity contribution >= 4 is 13.1 Å². The number of esters is 1. The summed E-state index contributed by atoms with van der Waals surface area (Å²) < 4.78 is 22.8. The van der Waals surface area contributed by atoms with Gasteiger partial charge in [0, 0.05) is 19.0 Å². The summed E-state index contributed by atoms with van der Waals surface area (Å²) >= 11 is 0. The van der Waals surface area contributed by atoms with Crippen LogP contribution in [0.4, 0.5) is 0 Å². The predicted molar refractivity (Wildman–Crippen MR) is 75.4 cm³/mol. The smallest absolute Gasteiger partial charge is 0.464 e. The molecule has 2 aliphatic heterocycles. The Morgan fingerprint density at radius 1 is 1.25 bits per heavy atom. The van der Waals surface area contributed by atoms with Gasteiger partial charge in [-0.3, -0.25) is 4.79 Å². The van der Waals surface area contributed by atoms with Crippen molar-refractivity contribution < 1.29 is 23.6 Å². The van der Waals surface area contributed by atoms with Gasteiger partial charge in [0.1, 0.15) is 0 Å². The zero-order valence-electron chi connectivity index (χ0n) is 13.1. The van der Waals surface area contributed by atoms with Crippen LogP contribution >= 0.6 is 0 Å². The Kier molecular flexibility index (Phi) is 4.47. The maximum absolute atomic E-state index is 12.1. The summed E-state index contributed by atoms with van der Waals surface area (Å²) in [4.78, 5) is 12.1. The van der Waals surface area contributed by atoms with Gasteiger partial charge in [-0.25, -0.2) is 0 Å². The number of carbonyl (C=O) groups excluding carboxylic acids is 1. The van der Waals surface area contributed by atoms with Crippen LogP contribution in [0.5, 0.6) is 0 Å². The lowest BCUT2D eigenvalue weighted by Crippen LogP contribution is -2.41. The summed E-state index contributed by atoms with van der Waals surface area (Å²) in [6, 6.07) is 0. The lowest BCUT2D eigenvalue weighted by Gasteiger charge is -2.32. The largest absolute Gasteiger partial charge is 0.466 e. The highest BCUT2D eigenvalue weighted by atomic mass is 16.7. The van der Waals surface area contributed by atoms with Crippen LogP contribution in [0.3, 0.4) is 0 Å². The second-order valence-corrected chi connectivity index (χ2v) is 6.51. The molecule has 0 N–H and O–H groups in total. The molecular weight excluding hydrogens is 259 g/mol. The quantitative estimate of drug-likeness (QED) is 0.586. The molecule has 0 radical (unpaired) electrons. The molecule has 114 valence electrons. The van der Waals surface area contributed by atoms with Gasteiger partial charge in [-0.1, -0.05) is 0 Å². The number of hydrogen-bond donors (Lipinski definition) is 0. The SMILES string of the molecule is CCOC(=O)[C@H]1CCOC[C@H]1B1OC(C)(C)C(C)(C)O1. The minimum atomic E-state index is -0.422. The lowest BCUT2D eigenvalue weighted by molar-refractivity contribution is -0.151. The number of hydrogen-bond acceptors (Lipinski definition) is 5. The minimum Gasteiger partial charge on any atom is -0.466 e. The van der Waals surface area contributed by atoms with Gasteiger partial charge in [0.2, 0.25) is 0 Å². The van der Waals surface area contributed by atoms with Crippen molar-refractivity contribution in [3.05, 3.63) is 0 Å². The Labute approximate surface area is 121 Å². The van der Waals surface area contributed by atoms with Gasteiger partial charge in [-0.15, -0.1) is 0 Å². The van der Waals surface area contributed by atoms with Crippen LogP contribution < -0.4 is 0 Å². The zero-order chi connectivity index (χ0) is 15.0. The highest BCUT2D eigenvalue weighted by Crippen LogP contribution is 2.43. The van der Waals surface area contributed by atoms with Crippen molar-refractivity contribution in [1.29, 1.82) is 0 Å². The molecule has 20 heavy (non-hydrogen) atoms. The molecule has 0 aromatic heterocycles. The van der Waals surface area contributed by atoms with Crippen LogP contribution in [0.25, 0.3) is 0 Å². The molecule has 2 fully saturated rings. The number of rotatable bonds is 3. The zero-order valence-corrected chi connectivity index (χ0v) is 13.1. The molecule has 0 unspecified atom stereocenters. The van der Waals surface area contributed by atoms with Gasteiger partial charge in [0.25, 0.3) is 0 Å². The molecule has 0 spiro atoms. The van der Waals surface area contributed by atoms with Crippen LogP contribution in [-0.2, 0) is 23.6 Å². The van der Waals surface area contributed by atoms with Crippen molar-refractivity contribution in [3.8, 4) is 0 Å². The van der Waals surface area contributed by atoms with E-state index in [9.17, 15) is 4.79 Å². The molecule has 2 aliphatic rings. The van der Waals surface area contributed by atoms with E-state index < -0.39 is 18.3 Å². The maximum Gasteiger partial charge on any atom is 0.464 e. The lowest BCUT2D eigenvalue weighted by atomic mass is 9.63. The van der Waals surface area contributed by atoms with Crippen molar-refractivity contribution in [2.75, 3.05) is 19.8 Å². The number of ether oxygens (including phenoxy) is 2. The third-order valence-electron chi connectivity index (χ3n) is 4.61. The Morgan fingerprint density at radius 3 is 2.40 bits per heavy atom. The molecule has 2 atom stereocenters. The van der Waals surface area contributed by atoms with Crippen molar-refractivity contribution in [2.45, 2.75) is 58.1 Å². The van der Waals surface area contributed by atoms with Crippen molar-refractivity contribution in [2.24, 2.45) is 5.92 Å². The van der Waals surface area contributed by atoms with E-state index in [0.717, 1.165) is 0 Å². The van der Waals surface area contributed by atoms with Gasteiger partial charge < -0.3 is 18.8 Å². The monoisotopic (exact) mass is 284 g/mol. The molecule has 2 rings (SSSR count). The fourth-order valence-electron chi connectivity index (χ4n) is 2.63. The second-order valence-electron chi connectivity index (χ2n) is 6.51. The van der Waals surface area contributed by atoms with Gasteiger partial charge in [0.15, 0.2) is 0 Å². The first-order chi connectivity index (χ1) is 9.28. The maximum atomic E-state index is 12.1. The summed E-state index contributed by atoms with van der Waals surface area (Å²) in [5.41, 5.74) is -0.789. The molecule has 0 aromatic rings. The van der Waals surface area contributed by atoms with E-state index >= 15 is 0 Å². The van der Waals surface area contributed by atoms with E-state index in [1.165, 1.54) is 0 Å². The summed E-state index contributed by atoms with van der Waals surface area (Å²) in [7, 11) is -0.422. The van der Waals surface area contributed by atoms with Gasteiger partial charge in [-0.2, -0.15) is 0 Å². The highest BCUT2D eigenvalue weighted by molar-refractivity contribution is 6.48. The van der Waals surface area contributed by atoms with Crippen LogP contribution in [0.2, 0.25) is 5.82 Å². The molecule has 0 saturated carbocycles. The van der Waals surface area contributed by atoms with Gasteiger partial charge in [0.05, 0.1) is 23.7 Å². The van der Waals surface area contributed by atoms with E-state index in [2.05, 4.69) is 0 Å². The second kappa shape index (κ2) is 5.66. The van der Waals surface area contributed by atoms with Crippen molar-refractivity contribution in [1.82, 2.24) is 0 Å². The first kappa shape index (κ1) is 15.8. The molecule has 0 aromatic carbocycles. The van der Waals surface area contributed by atoms with E-state index in [1.807, 2.05) is 34.6 Å². The van der Waals surface area contributed by atoms with Gasteiger partial charge in [-0.05, 0) is 41.0 Å². The summed E-state index contributed by atoms with van der Waals surface area (Å²) in [5.74, 6) is -0.488. The van der Waals surface area contributed by atoms with Crippen molar-refractivity contribution in [3.63, 3.8) is 0 Å². The van der Waals surface area contributed by atoms with Crippen LogP contribution in [0, 0.1) is 5.92 Å².